The molecule has 0 atom stereocenters. The number of hydrogen-bond donors (Lipinski definition) is 0. The van der Waals surface area contributed by atoms with Crippen LogP contribution in [-0.4, -0.2) is 43.0 Å². The molecule has 2 nitrogen and oxygen atoms in total. The Labute approximate surface area is 119 Å². The van der Waals surface area contributed by atoms with E-state index in [0.717, 1.165) is 13.1 Å². The first-order chi connectivity index (χ1) is 8.52. The standard InChI is InChI=1S/C15H23BrN2/c1-17(2)15(8-5-9-15)12-18(3)11-13-6-4-7-14(16)10-13/h4,6-7,10H,5,8-9,11-12H2,1-3H3. The summed E-state index contributed by atoms with van der Waals surface area (Å²) in [4.78, 5) is 4.86. The van der Waals surface area contributed by atoms with Crippen LogP contribution < -0.4 is 0 Å². The van der Waals surface area contributed by atoms with Gasteiger partial charge >= 0.3 is 0 Å². The van der Waals surface area contributed by atoms with Crippen molar-refractivity contribution in [2.45, 2.75) is 31.3 Å². The molecule has 2 rings (SSSR count). The third-order valence-electron chi connectivity index (χ3n) is 4.14. The second kappa shape index (κ2) is 5.72. The van der Waals surface area contributed by atoms with Gasteiger partial charge < -0.3 is 9.80 Å². The first-order valence-electron chi connectivity index (χ1n) is 6.62. The van der Waals surface area contributed by atoms with Gasteiger partial charge in [0, 0.05) is 23.1 Å². The molecule has 3 heteroatoms. The summed E-state index contributed by atoms with van der Waals surface area (Å²) in [5.74, 6) is 0. The molecule has 1 aromatic rings. The molecule has 0 aromatic heterocycles. The van der Waals surface area contributed by atoms with Crippen LogP contribution in [-0.2, 0) is 6.54 Å². The van der Waals surface area contributed by atoms with Crippen molar-refractivity contribution < 1.29 is 0 Å². The summed E-state index contributed by atoms with van der Waals surface area (Å²) >= 11 is 3.53. The van der Waals surface area contributed by atoms with Gasteiger partial charge in [-0.2, -0.15) is 0 Å². The van der Waals surface area contributed by atoms with Gasteiger partial charge in [0.05, 0.1) is 0 Å². The summed E-state index contributed by atoms with van der Waals surface area (Å²) in [5, 5.41) is 0. The molecule has 100 valence electrons. The summed E-state index contributed by atoms with van der Waals surface area (Å²) in [6, 6.07) is 8.60. The van der Waals surface area contributed by atoms with Crippen molar-refractivity contribution in [3.05, 3.63) is 34.3 Å². The van der Waals surface area contributed by atoms with Crippen LogP contribution in [0.1, 0.15) is 24.8 Å². The Morgan fingerprint density at radius 2 is 1.94 bits per heavy atom. The van der Waals surface area contributed by atoms with Gasteiger partial charge in [-0.3, -0.25) is 0 Å². The van der Waals surface area contributed by atoms with Gasteiger partial charge in [-0.05, 0) is 58.1 Å². The Balaban J connectivity index is 1.94. The van der Waals surface area contributed by atoms with Crippen molar-refractivity contribution in [2.75, 3.05) is 27.7 Å². The van der Waals surface area contributed by atoms with Crippen LogP contribution in [0.25, 0.3) is 0 Å². The SMILES string of the molecule is CN(Cc1cccc(Br)c1)CC1(N(C)C)CCC1. The van der Waals surface area contributed by atoms with Gasteiger partial charge in [0.2, 0.25) is 0 Å². The van der Waals surface area contributed by atoms with Gasteiger partial charge in [-0.25, -0.2) is 0 Å². The van der Waals surface area contributed by atoms with E-state index in [1.54, 1.807) is 0 Å². The molecule has 18 heavy (non-hydrogen) atoms. The maximum Gasteiger partial charge on any atom is 0.0330 e. The average Bonchev–Trinajstić information content (AvgIpc) is 2.23. The molecule has 0 saturated heterocycles. The van der Waals surface area contributed by atoms with E-state index in [4.69, 9.17) is 0 Å². The fraction of sp³-hybridized carbons (Fsp3) is 0.600. The van der Waals surface area contributed by atoms with Gasteiger partial charge in [0.15, 0.2) is 0 Å². The van der Waals surface area contributed by atoms with Crippen LogP contribution in [0.5, 0.6) is 0 Å². The third-order valence-corrected chi connectivity index (χ3v) is 4.63. The Bertz CT molecular complexity index is 399. The molecule has 1 fully saturated rings. The fourth-order valence-corrected chi connectivity index (χ4v) is 3.28. The topological polar surface area (TPSA) is 6.48 Å². The van der Waals surface area contributed by atoms with E-state index in [1.807, 2.05) is 0 Å². The maximum absolute atomic E-state index is 3.53. The Morgan fingerprint density at radius 3 is 2.44 bits per heavy atom. The van der Waals surface area contributed by atoms with Crippen molar-refractivity contribution in [1.82, 2.24) is 9.80 Å². The fourth-order valence-electron chi connectivity index (χ4n) is 2.84. The number of rotatable bonds is 5. The lowest BCUT2D eigenvalue weighted by atomic mass is 9.75. The molecule has 0 bridgehead atoms. The smallest absolute Gasteiger partial charge is 0.0330 e. The summed E-state index contributed by atoms with van der Waals surface area (Å²) < 4.78 is 1.17. The highest BCUT2D eigenvalue weighted by Crippen LogP contribution is 2.36. The normalized spacial score (nSPS) is 18.1. The molecule has 0 radical (unpaired) electrons. The molecular weight excluding hydrogens is 288 g/mol. The lowest BCUT2D eigenvalue weighted by Crippen LogP contribution is -2.56. The predicted octanol–water partition coefficient (Wildman–Crippen LogP) is 3.37. The molecule has 1 aliphatic carbocycles. The lowest BCUT2D eigenvalue weighted by Gasteiger charge is -2.49. The summed E-state index contributed by atoms with van der Waals surface area (Å²) in [6.07, 6.45) is 4.05. The summed E-state index contributed by atoms with van der Waals surface area (Å²) in [5.41, 5.74) is 1.79. The zero-order valence-corrected chi connectivity index (χ0v) is 13.2. The second-order valence-electron chi connectivity index (χ2n) is 5.77. The molecule has 0 aliphatic heterocycles. The molecule has 0 amide bonds. The molecule has 1 saturated carbocycles. The first kappa shape index (κ1) is 14.0. The summed E-state index contributed by atoms with van der Waals surface area (Å²) in [6.45, 7) is 2.18. The molecule has 0 spiro atoms. The highest BCUT2D eigenvalue weighted by Gasteiger charge is 2.39. The average molecular weight is 311 g/mol. The zero-order chi connectivity index (χ0) is 13.2. The predicted molar refractivity (Wildman–Crippen MR) is 80.7 cm³/mol. The summed E-state index contributed by atoms with van der Waals surface area (Å²) in [7, 11) is 6.66. The highest BCUT2D eigenvalue weighted by atomic mass is 79.9. The zero-order valence-electron chi connectivity index (χ0n) is 11.6. The van der Waals surface area contributed by atoms with Crippen LogP contribution in [0.15, 0.2) is 28.7 Å². The lowest BCUT2D eigenvalue weighted by molar-refractivity contribution is 0.0259. The first-order valence-corrected chi connectivity index (χ1v) is 7.42. The minimum Gasteiger partial charge on any atom is -0.302 e. The third kappa shape index (κ3) is 3.14. The van der Waals surface area contributed by atoms with E-state index < -0.39 is 0 Å². The van der Waals surface area contributed by atoms with Crippen LogP contribution in [0, 0.1) is 0 Å². The van der Waals surface area contributed by atoms with E-state index >= 15 is 0 Å². The van der Waals surface area contributed by atoms with Crippen LogP contribution in [0.2, 0.25) is 0 Å². The minimum absolute atomic E-state index is 0.417. The number of nitrogens with zero attached hydrogens (tertiary/aromatic N) is 2. The Kier molecular flexibility index (Phi) is 4.46. The number of hydrogen-bond acceptors (Lipinski definition) is 2. The van der Waals surface area contributed by atoms with E-state index in [1.165, 1.54) is 29.3 Å². The number of likely N-dealkylation sites (N-methyl/N-ethyl adjacent to an activating group) is 2. The molecule has 0 N–H and O–H groups in total. The monoisotopic (exact) mass is 310 g/mol. The van der Waals surface area contributed by atoms with Gasteiger partial charge in [0.25, 0.3) is 0 Å². The minimum atomic E-state index is 0.417. The van der Waals surface area contributed by atoms with Crippen molar-refractivity contribution in [1.29, 1.82) is 0 Å². The maximum atomic E-state index is 3.53. The van der Waals surface area contributed by atoms with Crippen LogP contribution in [0.3, 0.4) is 0 Å². The second-order valence-corrected chi connectivity index (χ2v) is 6.69. The Morgan fingerprint density at radius 1 is 1.22 bits per heavy atom. The van der Waals surface area contributed by atoms with E-state index in [-0.39, 0.29) is 0 Å². The van der Waals surface area contributed by atoms with Crippen LogP contribution >= 0.6 is 15.9 Å². The van der Waals surface area contributed by atoms with Crippen molar-refractivity contribution >= 4 is 15.9 Å². The van der Waals surface area contributed by atoms with E-state index in [9.17, 15) is 0 Å². The largest absolute Gasteiger partial charge is 0.302 e. The van der Waals surface area contributed by atoms with Crippen molar-refractivity contribution in [2.24, 2.45) is 0 Å². The van der Waals surface area contributed by atoms with Gasteiger partial charge in [-0.15, -0.1) is 0 Å². The number of halogens is 1. The molecule has 1 aliphatic rings. The van der Waals surface area contributed by atoms with E-state index in [2.05, 4.69) is 71.1 Å². The van der Waals surface area contributed by atoms with Crippen molar-refractivity contribution in [3.8, 4) is 0 Å². The van der Waals surface area contributed by atoms with Gasteiger partial charge in [0.1, 0.15) is 0 Å². The molecule has 1 aromatic carbocycles. The Hall–Kier alpha value is -0.380. The molecule has 0 heterocycles. The van der Waals surface area contributed by atoms with E-state index in [0.29, 0.717) is 5.54 Å². The van der Waals surface area contributed by atoms with Crippen molar-refractivity contribution in [3.63, 3.8) is 0 Å². The molecule has 0 unspecified atom stereocenters. The van der Waals surface area contributed by atoms with Crippen LogP contribution in [0.4, 0.5) is 0 Å². The quantitative estimate of drug-likeness (QED) is 0.823. The molecular formula is C15H23BrN2. The number of benzene rings is 1. The van der Waals surface area contributed by atoms with Gasteiger partial charge in [-0.1, -0.05) is 28.1 Å². The highest BCUT2D eigenvalue weighted by molar-refractivity contribution is 9.10.